The van der Waals surface area contributed by atoms with Gasteiger partial charge in [-0.1, -0.05) is 38.1 Å². The van der Waals surface area contributed by atoms with Crippen LogP contribution in [-0.4, -0.2) is 32.0 Å². The van der Waals surface area contributed by atoms with Crippen LogP contribution >= 0.6 is 11.8 Å². The van der Waals surface area contributed by atoms with Gasteiger partial charge in [-0.3, -0.25) is 4.79 Å². The minimum absolute atomic E-state index is 0.0225. The molecule has 0 aliphatic carbocycles. The number of rotatable bonds is 9. The van der Waals surface area contributed by atoms with Crippen molar-refractivity contribution in [3.05, 3.63) is 65.4 Å². The molecule has 4 heterocycles. The Kier molecular flexibility index (Phi) is 7.04. The van der Waals surface area contributed by atoms with Crippen LogP contribution in [0, 0.1) is 12.8 Å². The molecule has 10 nitrogen and oxygen atoms in total. The molecule has 3 aromatic heterocycles. The van der Waals surface area contributed by atoms with Gasteiger partial charge in [0, 0.05) is 30.1 Å². The van der Waals surface area contributed by atoms with Gasteiger partial charge in [0.2, 0.25) is 11.0 Å². The van der Waals surface area contributed by atoms with E-state index >= 15 is 0 Å². The van der Waals surface area contributed by atoms with Crippen molar-refractivity contribution in [3.63, 3.8) is 0 Å². The molecule has 1 aliphatic heterocycles. The predicted octanol–water partition coefficient (Wildman–Crippen LogP) is 4.78. The van der Waals surface area contributed by atoms with Crippen LogP contribution in [0.5, 0.6) is 0 Å². The largest absolute Gasteiger partial charge is 0.461 e. The van der Waals surface area contributed by atoms with Gasteiger partial charge in [-0.15, -0.1) is 0 Å². The highest BCUT2D eigenvalue weighted by Crippen LogP contribution is 2.41. The van der Waals surface area contributed by atoms with Crippen LogP contribution in [0.1, 0.15) is 37.9 Å². The Labute approximate surface area is 218 Å². The average molecular weight is 521 g/mol. The standard InChI is InChI=1S/C26H28N6O4S/c1-15(2)24(33)28-11-6-12-32-23-21(22(27)29-14-30-23)31-26(32)37-20-13-34-25(36-20)18-8-5-4-7-17(18)19-10-9-16(3)35-19/h4-5,7-10,13-15,25H,6,11-12H2,1-3H3,(H,28,33)(H2,27,29,30). The zero-order chi connectivity index (χ0) is 25.9. The number of anilines is 1. The van der Waals surface area contributed by atoms with Crippen molar-refractivity contribution in [2.45, 2.75) is 45.2 Å². The second-order valence-corrected chi connectivity index (χ2v) is 9.87. The number of nitrogens with zero attached hydrogens (tertiary/aromatic N) is 4. The monoisotopic (exact) mass is 520 g/mol. The van der Waals surface area contributed by atoms with Gasteiger partial charge in [-0.2, -0.15) is 0 Å². The third kappa shape index (κ3) is 5.26. The molecule has 37 heavy (non-hydrogen) atoms. The number of carbonyl (C=O) groups excluding carboxylic acids is 1. The van der Waals surface area contributed by atoms with Gasteiger partial charge in [-0.25, -0.2) is 15.0 Å². The number of aryl methyl sites for hydroxylation is 2. The third-order valence-corrected chi connectivity index (χ3v) is 6.72. The van der Waals surface area contributed by atoms with Crippen molar-refractivity contribution >= 4 is 34.7 Å². The van der Waals surface area contributed by atoms with Gasteiger partial charge in [-0.05, 0) is 37.2 Å². The number of furan rings is 1. The summed E-state index contributed by atoms with van der Waals surface area (Å²) in [5.74, 6) is 1.85. The first kappa shape index (κ1) is 24.7. The van der Waals surface area contributed by atoms with Gasteiger partial charge >= 0.3 is 0 Å². The maximum absolute atomic E-state index is 11.9. The summed E-state index contributed by atoms with van der Waals surface area (Å²) in [6, 6.07) is 11.7. The molecule has 1 aromatic carbocycles. The maximum atomic E-state index is 11.9. The van der Waals surface area contributed by atoms with Crippen molar-refractivity contribution < 1.29 is 18.7 Å². The first-order valence-electron chi connectivity index (χ1n) is 12.0. The number of amides is 1. The number of benzene rings is 1. The molecule has 192 valence electrons. The minimum Gasteiger partial charge on any atom is -0.461 e. The summed E-state index contributed by atoms with van der Waals surface area (Å²) in [7, 11) is 0. The summed E-state index contributed by atoms with van der Waals surface area (Å²) in [6.45, 7) is 6.75. The molecule has 0 bridgehead atoms. The fourth-order valence-electron chi connectivity index (χ4n) is 3.93. The molecule has 11 heteroatoms. The topological polar surface area (TPSA) is 130 Å². The molecule has 1 atom stereocenters. The van der Waals surface area contributed by atoms with E-state index < -0.39 is 6.29 Å². The lowest BCUT2D eigenvalue weighted by molar-refractivity contribution is -0.123. The van der Waals surface area contributed by atoms with Crippen LogP contribution in [-0.2, 0) is 20.8 Å². The SMILES string of the molecule is Cc1ccc(-c2ccccc2C2OC=C(Sc3nc4c(N)ncnc4n3CCCNC(=O)C(C)C)O2)o1. The van der Waals surface area contributed by atoms with E-state index in [9.17, 15) is 4.79 Å². The van der Waals surface area contributed by atoms with Crippen LogP contribution in [0.15, 0.2) is 63.7 Å². The van der Waals surface area contributed by atoms with E-state index in [4.69, 9.17) is 19.6 Å². The maximum Gasteiger partial charge on any atom is 0.268 e. The molecule has 4 aromatic rings. The summed E-state index contributed by atoms with van der Waals surface area (Å²) in [5, 5.41) is 4.13. The van der Waals surface area contributed by atoms with E-state index in [1.54, 1.807) is 6.26 Å². The van der Waals surface area contributed by atoms with Gasteiger partial charge in [0.15, 0.2) is 22.1 Å². The lowest BCUT2D eigenvalue weighted by atomic mass is 10.1. The zero-order valence-corrected chi connectivity index (χ0v) is 21.6. The van der Waals surface area contributed by atoms with Crippen molar-refractivity contribution in [2.24, 2.45) is 5.92 Å². The predicted molar refractivity (Wildman–Crippen MR) is 140 cm³/mol. The third-order valence-electron chi connectivity index (χ3n) is 5.83. The number of thioether (sulfide) groups is 1. The summed E-state index contributed by atoms with van der Waals surface area (Å²) in [4.78, 5) is 25.1. The minimum atomic E-state index is -0.627. The molecule has 0 saturated heterocycles. The number of aromatic nitrogens is 4. The van der Waals surface area contributed by atoms with E-state index in [-0.39, 0.29) is 11.8 Å². The Balaban J connectivity index is 1.33. The smallest absolute Gasteiger partial charge is 0.268 e. The fraction of sp³-hybridized carbons (Fsp3) is 0.308. The van der Waals surface area contributed by atoms with E-state index in [0.717, 1.165) is 22.6 Å². The summed E-state index contributed by atoms with van der Waals surface area (Å²) < 4.78 is 19.8. The fourth-order valence-corrected chi connectivity index (χ4v) is 4.77. The second kappa shape index (κ2) is 10.6. The summed E-state index contributed by atoms with van der Waals surface area (Å²) in [5.41, 5.74) is 8.97. The number of nitrogen functional groups attached to an aromatic ring is 1. The molecule has 0 fully saturated rings. The number of hydrogen-bond acceptors (Lipinski definition) is 9. The number of fused-ring (bicyclic) bond motifs is 1. The Morgan fingerprint density at radius 2 is 2.05 bits per heavy atom. The molecule has 5 rings (SSSR count). The molecule has 1 unspecified atom stereocenters. The van der Waals surface area contributed by atoms with Crippen molar-refractivity contribution in [3.8, 4) is 11.3 Å². The Bertz CT molecular complexity index is 1460. The normalized spacial score (nSPS) is 15.0. The Morgan fingerprint density at radius 3 is 2.84 bits per heavy atom. The number of hydrogen-bond donors (Lipinski definition) is 2. The quantitative estimate of drug-likeness (QED) is 0.300. The molecule has 3 N–H and O–H groups in total. The van der Waals surface area contributed by atoms with Crippen LogP contribution in [0.3, 0.4) is 0 Å². The van der Waals surface area contributed by atoms with E-state index in [0.29, 0.717) is 46.7 Å². The lowest BCUT2D eigenvalue weighted by Gasteiger charge is -2.15. The van der Waals surface area contributed by atoms with Crippen molar-refractivity contribution in [2.75, 3.05) is 12.3 Å². The lowest BCUT2D eigenvalue weighted by Crippen LogP contribution is -2.29. The number of nitrogens with two attached hydrogens (primary N) is 1. The highest BCUT2D eigenvalue weighted by atomic mass is 32.2. The zero-order valence-electron chi connectivity index (χ0n) is 20.8. The number of imidazole rings is 1. The molecule has 0 radical (unpaired) electrons. The number of carbonyl (C=O) groups is 1. The molecular formula is C26H28N6O4S. The average Bonchev–Trinajstić information content (AvgIpc) is 3.61. The molecule has 0 saturated carbocycles. The second-order valence-electron chi connectivity index (χ2n) is 8.90. The summed E-state index contributed by atoms with van der Waals surface area (Å²) in [6.07, 6.45) is 3.07. The van der Waals surface area contributed by atoms with Crippen LogP contribution in [0.4, 0.5) is 5.82 Å². The Morgan fingerprint density at radius 1 is 1.22 bits per heavy atom. The van der Waals surface area contributed by atoms with Crippen LogP contribution < -0.4 is 11.1 Å². The van der Waals surface area contributed by atoms with E-state index in [1.807, 2.05) is 61.7 Å². The first-order chi connectivity index (χ1) is 17.9. The van der Waals surface area contributed by atoms with E-state index in [2.05, 4.69) is 20.3 Å². The van der Waals surface area contributed by atoms with Gasteiger partial charge in [0.1, 0.15) is 24.1 Å². The number of nitrogens with one attached hydrogen (secondary N) is 1. The molecular weight excluding hydrogens is 492 g/mol. The van der Waals surface area contributed by atoms with Gasteiger partial charge in [0.25, 0.3) is 6.29 Å². The van der Waals surface area contributed by atoms with Crippen molar-refractivity contribution in [1.82, 2.24) is 24.8 Å². The highest BCUT2D eigenvalue weighted by molar-refractivity contribution is 8.02. The van der Waals surface area contributed by atoms with Gasteiger partial charge in [0.05, 0.1) is 0 Å². The first-order valence-corrected chi connectivity index (χ1v) is 12.8. The van der Waals surface area contributed by atoms with E-state index in [1.165, 1.54) is 18.1 Å². The van der Waals surface area contributed by atoms with Gasteiger partial charge < -0.3 is 29.5 Å². The van der Waals surface area contributed by atoms with Crippen molar-refractivity contribution in [1.29, 1.82) is 0 Å². The molecule has 1 amide bonds. The Hall–Kier alpha value is -3.99. The summed E-state index contributed by atoms with van der Waals surface area (Å²) >= 11 is 1.32. The van der Waals surface area contributed by atoms with Crippen LogP contribution in [0.2, 0.25) is 0 Å². The number of ether oxygens (including phenoxy) is 2. The van der Waals surface area contributed by atoms with Crippen LogP contribution in [0.25, 0.3) is 22.5 Å². The highest BCUT2D eigenvalue weighted by Gasteiger charge is 2.28. The molecule has 1 aliphatic rings. The molecule has 0 spiro atoms.